The fourth-order valence-corrected chi connectivity index (χ4v) is 2.38. The van der Waals surface area contributed by atoms with Gasteiger partial charge in [0.1, 0.15) is 0 Å². The SMILES string of the molecule is CCC(Oc1ccccc1O)C(=O)NCc1cccs1. The fraction of sp³-hybridized carbons (Fsp3) is 0.267. The Morgan fingerprint density at radius 1 is 1.35 bits per heavy atom. The van der Waals surface area contributed by atoms with Crippen molar-refractivity contribution in [3.63, 3.8) is 0 Å². The van der Waals surface area contributed by atoms with Crippen LogP contribution in [0.25, 0.3) is 0 Å². The van der Waals surface area contributed by atoms with Crippen LogP contribution in [0.15, 0.2) is 41.8 Å². The average Bonchev–Trinajstić information content (AvgIpc) is 2.97. The van der Waals surface area contributed by atoms with Crippen molar-refractivity contribution in [2.24, 2.45) is 0 Å². The molecule has 0 fully saturated rings. The number of carbonyl (C=O) groups is 1. The van der Waals surface area contributed by atoms with Gasteiger partial charge in [0.15, 0.2) is 17.6 Å². The summed E-state index contributed by atoms with van der Waals surface area (Å²) in [5.74, 6) is 0.187. The summed E-state index contributed by atoms with van der Waals surface area (Å²) in [7, 11) is 0. The lowest BCUT2D eigenvalue weighted by molar-refractivity contribution is -0.128. The highest BCUT2D eigenvalue weighted by Gasteiger charge is 2.19. The average molecular weight is 291 g/mol. The standard InChI is InChI=1S/C15H17NO3S/c1-2-13(19-14-8-4-3-7-12(14)17)15(18)16-10-11-6-5-9-20-11/h3-9,13,17H,2,10H2,1H3,(H,16,18). The van der Waals surface area contributed by atoms with Crippen molar-refractivity contribution in [1.29, 1.82) is 0 Å². The lowest BCUT2D eigenvalue weighted by atomic mass is 10.2. The van der Waals surface area contributed by atoms with Gasteiger partial charge < -0.3 is 15.2 Å². The van der Waals surface area contributed by atoms with Crippen LogP contribution in [-0.4, -0.2) is 17.1 Å². The number of hydrogen-bond acceptors (Lipinski definition) is 4. The van der Waals surface area contributed by atoms with Crippen LogP contribution in [0.5, 0.6) is 11.5 Å². The first-order valence-electron chi connectivity index (χ1n) is 6.45. The maximum absolute atomic E-state index is 12.1. The molecule has 5 heteroatoms. The van der Waals surface area contributed by atoms with E-state index >= 15 is 0 Å². The van der Waals surface area contributed by atoms with Crippen molar-refractivity contribution >= 4 is 17.2 Å². The van der Waals surface area contributed by atoms with Crippen LogP contribution in [0.4, 0.5) is 0 Å². The van der Waals surface area contributed by atoms with E-state index < -0.39 is 6.10 Å². The summed E-state index contributed by atoms with van der Waals surface area (Å²) in [6.07, 6.45) is -0.0757. The molecule has 1 heterocycles. The Balaban J connectivity index is 1.94. The summed E-state index contributed by atoms with van der Waals surface area (Å²) in [6, 6.07) is 10.6. The predicted octanol–water partition coefficient (Wildman–Crippen LogP) is 2.93. The van der Waals surface area contributed by atoms with Crippen LogP contribution < -0.4 is 10.1 Å². The van der Waals surface area contributed by atoms with E-state index in [0.717, 1.165) is 4.88 Å². The monoisotopic (exact) mass is 291 g/mol. The number of hydrogen-bond donors (Lipinski definition) is 2. The van der Waals surface area contributed by atoms with Crippen LogP contribution in [0, 0.1) is 0 Å². The number of aromatic hydroxyl groups is 1. The molecule has 1 atom stereocenters. The minimum Gasteiger partial charge on any atom is -0.504 e. The molecule has 0 spiro atoms. The van der Waals surface area contributed by atoms with Crippen LogP contribution in [0.2, 0.25) is 0 Å². The second-order valence-electron chi connectivity index (χ2n) is 4.28. The zero-order valence-electron chi connectivity index (χ0n) is 11.2. The van der Waals surface area contributed by atoms with Gasteiger partial charge in [0.05, 0.1) is 6.54 Å². The molecule has 2 N–H and O–H groups in total. The van der Waals surface area contributed by atoms with Crippen LogP contribution in [-0.2, 0) is 11.3 Å². The van der Waals surface area contributed by atoms with Gasteiger partial charge in [0, 0.05) is 4.88 Å². The number of rotatable bonds is 6. The molecule has 106 valence electrons. The van der Waals surface area contributed by atoms with Crippen molar-refractivity contribution in [2.45, 2.75) is 26.0 Å². The highest BCUT2D eigenvalue weighted by molar-refractivity contribution is 7.09. The molecule has 0 aliphatic carbocycles. The molecular weight excluding hydrogens is 274 g/mol. The zero-order chi connectivity index (χ0) is 14.4. The topological polar surface area (TPSA) is 58.6 Å². The predicted molar refractivity (Wildman–Crippen MR) is 79.0 cm³/mol. The smallest absolute Gasteiger partial charge is 0.261 e. The number of carbonyl (C=O) groups excluding carboxylic acids is 1. The molecule has 20 heavy (non-hydrogen) atoms. The molecule has 1 aromatic carbocycles. The summed E-state index contributed by atoms with van der Waals surface area (Å²) >= 11 is 1.60. The summed E-state index contributed by atoms with van der Waals surface area (Å²) < 4.78 is 5.57. The van der Waals surface area contributed by atoms with Crippen molar-refractivity contribution < 1.29 is 14.6 Å². The summed E-state index contributed by atoms with van der Waals surface area (Å²) in [4.78, 5) is 13.2. The van der Waals surface area contributed by atoms with Crippen molar-refractivity contribution in [1.82, 2.24) is 5.32 Å². The Hall–Kier alpha value is -2.01. The number of amides is 1. The van der Waals surface area contributed by atoms with Gasteiger partial charge in [-0.05, 0) is 30.0 Å². The number of phenolic OH excluding ortho intramolecular Hbond substituents is 1. The largest absolute Gasteiger partial charge is 0.504 e. The van der Waals surface area contributed by atoms with Gasteiger partial charge in [-0.25, -0.2) is 0 Å². The quantitative estimate of drug-likeness (QED) is 0.860. The maximum atomic E-state index is 12.1. The molecule has 0 radical (unpaired) electrons. The van der Waals surface area contributed by atoms with E-state index in [4.69, 9.17) is 4.74 Å². The van der Waals surface area contributed by atoms with Gasteiger partial charge in [-0.1, -0.05) is 25.1 Å². The third-order valence-electron chi connectivity index (χ3n) is 2.81. The van der Waals surface area contributed by atoms with E-state index in [1.165, 1.54) is 6.07 Å². The number of ether oxygens (including phenoxy) is 1. The first-order valence-corrected chi connectivity index (χ1v) is 7.33. The van der Waals surface area contributed by atoms with Crippen molar-refractivity contribution in [3.05, 3.63) is 46.7 Å². The van der Waals surface area contributed by atoms with Gasteiger partial charge in [-0.2, -0.15) is 0 Å². The second kappa shape index (κ2) is 6.96. The number of nitrogens with one attached hydrogen (secondary N) is 1. The van der Waals surface area contributed by atoms with Gasteiger partial charge in [-0.15, -0.1) is 11.3 Å². The first kappa shape index (κ1) is 14.4. The molecule has 2 aromatic rings. The Kier molecular flexibility index (Phi) is 5.01. The van der Waals surface area contributed by atoms with E-state index in [9.17, 15) is 9.90 Å². The summed E-state index contributed by atoms with van der Waals surface area (Å²) in [6.45, 7) is 2.37. The first-order chi connectivity index (χ1) is 9.70. The molecule has 0 bridgehead atoms. The molecule has 1 unspecified atom stereocenters. The molecule has 2 rings (SSSR count). The van der Waals surface area contributed by atoms with E-state index in [2.05, 4.69) is 5.32 Å². The number of phenols is 1. The maximum Gasteiger partial charge on any atom is 0.261 e. The van der Waals surface area contributed by atoms with E-state index in [1.54, 1.807) is 29.5 Å². The zero-order valence-corrected chi connectivity index (χ0v) is 12.0. The molecular formula is C15H17NO3S. The summed E-state index contributed by atoms with van der Waals surface area (Å²) in [5.41, 5.74) is 0. The third-order valence-corrected chi connectivity index (χ3v) is 3.69. The number of benzene rings is 1. The van der Waals surface area contributed by atoms with Crippen LogP contribution in [0.3, 0.4) is 0 Å². The highest BCUT2D eigenvalue weighted by Crippen LogP contribution is 2.26. The molecule has 1 aromatic heterocycles. The van der Waals surface area contributed by atoms with E-state index in [-0.39, 0.29) is 11.7 Å². The Morgan fingerprint density at radius 2 is 2.15 bits per heavy atom. The molecule has 0 aliphatic rings. The van der Waals surface area contributed by atoms with Crippen LogP contribution in [0.1, 0.15) is 18.2 Å². The van der Waals surface area contributed by atoms with Gasteiger partial charge in [0.2, 0.25) is 0 Å². The van der Waals surface area contributed by atoms with Crippen molar-refractivity contribution in [3.8, 4) is 11.5 Å². The molecule has 4 nitrogen and oxygen atoms in total. The van der Waals surface area contributed by atoms with Gasteiger partial charge in [0.25, 0.3) is 5.91 Å². The molecule has 0 aliphatic heterocycles. The highest BCUT2D eigenvalue weighted by atomic mass is 32.1. The van der Waals surface area contributed by atoms with Crippen LogP contribution >= 0.6 is 11.3 Å². The second-order valence-corrected chi connectivity index (χ2v) is 5.31. The van der Waals surface area contributed by atoms with E-state index in [1.807, 2.05) is 24.4 Å². The fourth-order valence-electron chi connectivity index (χ4n) is 1.73. The number of para-hydroxylation sites is 2. The Labute approximate surface area is 122 Å². The van der Waals surface area contributed by atoms with Crippen molar-refractivity contribution in [2.75, 3.05) is 0 Å². The lowest BCUT2D eigenvalue weighted by Crippen LogP contribution is -2.37. The van der Waals surface area contributed by atoms with Gasteiger partial charge in [-0.3, -0.25) is 4.79 Å². The van der Waals surface area contributed by atoms with E-state index in [0.29, 0.717) is 18.7 Å². The number of thiophene rings is 1. The molecule has 0 saturated carbocycles. The Morgan fingerprint density at radius 3 is 2.80 bits per heavy atom. The lowest BCUT2D eigenvalue weighted by Gasteiger charge is -2.17. The molecule has 0 saturated heterocycles. The summed E-state index contributed by atoms with van der Waals surface area (Å²) in [5, 5.41) is 14.5. The third kappa shape index (κ3) is 3.74. The minimum absolute atomic E-state index is 0.0389. The molecule has 1 amide bonds. The normalized spacial score (nSPS) is 11.8. The minimum atomic E-state index is -0.608. The van der Waals surface area contributed by atoms with Gasteiger partial charge >= 0.3 is 0 Å². The Bertz CT molecular complexity index is 554.